The van der Waals surface area contributed by atoms with Gasteiger partial charge in [0.15, 0.2) is 0 Å². The molecule has 0 bridgehead atoms. The zero-order chi connectivity index (χ0) is 11.8. The molecule has 1 saturated carbocycles. The summed E-state index contributed by atoms with van der Waals surface area (Å²) in [4.78, 5) is 11.0. The van der Waals surface area contributed by atoms with Crippen molar-refractivity contribution >= 4 is 5.78 Å². The highest BCUT2D eigenvalue weighted by Gasteiger charge is 2.51. The first-order valence-electron chi connectivity index (χ1n) is 5.10. The standard InChI is InChI=1S/C12H11F3O/c13-12(14,15)10(16)8-11(6-7-11)9-4-2-1-3-5-9/h1-5H,6-8H2. The maximum Gasteiger partial charge on any atom is 0.450 e. The Kier molecular flexibility index (Phi) is 2.52. The number of hydrogen-bond acceptors (Lipinski definition) is 1. The van der Waals surface area contributed by atoms with E-state index in [0.717, 1.165) is 5.56 Å². The Morgan fingerprint density at radius 2 is 1.75 bits per heavy atom. The minimum Gasteiger partial charge on any atom is -0.290 e. The van der Waals surface area contributed by atoms with Gasteiger partial charge in [-0.3, -0.25) is 4.79 Å². The lowest BCUT2D eigenvalue weighted by Crippen LogP contribution is -2.27. The molecule has 0 aromatic heterocycles. The van der Waals surface area contributed by atoms with Gasteiger partial charge in [0.05, 0.1) is 0 Å². The maximum absolute atomic E-state index is 12.2. The van der Waals surface area contributed by atoms with E-state index < -0.39 is 23.8 Å². The molecule has 4 heteroatoms. The molecule has 1 aliphatic rings. The van der Waals surface area contributed by atoms with Crippen LogP contribution in [0.1, 0.15) is 24.8 Å². The lowest BCUT2D eigenvalue weighted by atomic mass is 9.90. The first kappa shape index (κ1) is 11.2. The zero-order valence-electron chi connectivity index (χ0n) is 8.55. The Morgan fingerprint density at radius 1 is 1.19 bits per heavy atom. The molecule has 1 aliphatic carbocycles. The van der Waals surface area contributed by atoms with E-state index in [1.807, 2.05) is 6.07 Å². The van der Waals surface area contributed by atoms with Gasteiger partial charge in [-0.15, -0.1) is 0 Å². The predicted octanol–water partition coefficient (Wildman–Crippen LogP) is 3.24. The second-order valence-electron chi connectivity index (χ2n) is 4.24. The molecule has 0 amide bonds. The van der Waals surface area contributed by atoms with E-state index in [2.05, 4.69) is 0 Å². The Morgan fingerprint density at radius 3 is 2.19 bits per heavy atom. The van der Waals surface area contributed by atoms with E-state index in [0.29, 0.717) is 12.8 Å². The van der Waals surface area contributed by atoms with E-state index in [9.17, 15) is 18.0 Å². The van der Waals surface area contributed by atoms with Crippen molar-refractivity contribution in [2.24, 2.45) is 0 Å². The van der Waals surface area contributed by atoms with Gasteiger partial charge >= 0.3 is 6.18 Å². The number of alkyl halides is 3. The fourth-order valence-corrected chi connectivity index (χ4v) is 1.92. The average molecular weight is 228 g/mol. The summed E-state index contributed by atoms with van der Waals surface area (Å²) in [7, 11) is 0. The fourth-order valence-electron chi connectivity index (χ4n) is 1.92. The third-order valence-electron chi connectivity index (χ3n) is 3.05. The number of carbonyl (C=O) groups excluding carboxylic acids is 1. The fraction of sp³-hybridized carbons (Fsp3) is 0.417. The van der Waals surface area contributed by atoms with Crippen LogP contribution in [0.15, 0.2) is 30.3 Å². The predicted molar refractivity (Wildman–Crippen MR) is 53.0 cm³/mol. The SMILES string of the molecule is O=C(CC1(c2ccccc2)CC1)C(F)(F)F. The van der Waals surface area contributed by atoms with Gasteiger partial charge in [-0.2, -0.15) is 13.2 Å². The van der Waals surface area contributed by atoms with Crippen LogP contribution < -0.4 is 0 Å². The van der Waals surface area contributed by atoms with E-state index in [-0.39, 0.29) is 0 Å². The topological polar surface area (TPSA) is 17.1 Å². The zero-order valence-corrected chi connectivity index (χ0v) is 8.55. The molecule has 0 spiro atoms. The molecular weight excluding hydrogens is 217 g/mol. The van der Waals surface area contributed by atoms with Crippen molar-refractivity contribution in [2.45, 2.75) is 30.9 Å². The molecule has 86 valence electrons. The van der Waals surface area contributed by atoms with E-state index in [1.165, 1.54) is 0 Å². The van der Waals surface area contributed by atoms with Gasteiger partial charge in [0.1, 0.15) is 0 Å². The summed E-state index contributed by atoms with van der Waals surface area (Å²) in [5, 5.41) is 0. The Bertz CT molecular complexity index is 390. The van der Waals surface area contributed by atoms with Gasteiger partial charge < -0.3 is 0 Å². The third-order valence-corrected chi connectivity index (χ3v) is 3.05. The molecule has 1 nitrogen and oxygen atoms in total. The van der Waals surface area contributed by atoms with Crippen molar-refractivity contribution < 1.29 is 18.0 Å². The Hall–Kier alpha value is -1.32. The minimum absolute atomic E-state index is 0.416. The van der Waals surface area contributed by atoms with Crippen molar-refractivity contribution in [1.29, 1.82) is 0 Å². The smallest absolute Gasteiger partial charge is 0.290 e. The summed E-state index contributed by atoms with van der Waals surface area (Å²) in [6, 6.07) is 8.96. The molecule has 0 radical (unpaired) electrons. The number of hydrogen-bond donors (Lipinski definition) is 0. The van der Waals surface area contributed by atoms with Gasteiger partial charge in [0, 0.05) is 11.8 Å². The van der Waals surface area contributed by atoms with E-state index in [1.54, 1.807) is 24.3 Å². The quantitative estimate of drug-likeness (QED) is 0.776. The van der Waals surface area contributed by atoms with Crippen LogP contribution in [0.4, 0.5) is 13.2 Å². The molecule has 0 saturated heterocycles. The first-order chi connectivity index (χ1) is 7.44. The van der Waals surface area contributed by atoms with Gasteiger partial charge in [-0.05, 0) is 18.4 Å². The number of benzene rings is 1. The van der Waals surface area contributed by atoms with Gasteiger partial charge in [0.2, 0.25) is 5.78 Å². The molecule has 0 aliphatic heterocycles. The number of carbonyl (C=O) groups is 1. The molecular formula is C12H11F3O. The lowest BCUT2D eigenvalue weighted by Gasteiger charge is -2.15. The summed E-state index contributed by atoms with van der Waals surface area (Å²) in [6.45, 7) is 0. The second-order valence-corrected chi connectivity index (χ2v) is 4.24. The van der Waals surface area contributed by atoms with Crippen molar-refractivity contribution in [2.75, 3.05) is 0 Å². The summed E-state index contributed by atoms with van der Waals surface area (Å²) in [6.07, 6.45) is -3.79. The van der Waals surface area contributed by atoms with Crippen LogP contribution in [0.25, 0.3) is 0 Å². The molecule has 16 heavy (non-hydrogen) atoms. The largest absolute Gasteiger partial charge is 0.450 e. The highest BCUT2D eigenvalue weighted by molar-refractivity contribution is 5.85. The normalized spacial score (nSPS) is 18.2. The summed E-state index contributed by atoms with van der Waals surface area (Å²) < 4.78 is 36.5. The third kappa shape index (κ3) is 2.10. The molecule has 1 aromatic carbocycles. The van der Waals surface area contributed by atoms with Gasteiger partial charge in [-0.25, -0.2) is 0 Å². The molecule has 0 N–H and O–H groups in total. The number of rotatable bonds is 3. The van der Waals surface area contributed by atoms with Crippen LogP contribution in [-0.2, 0) is 10.2 Å². The van der Waals surface area contributed by atoms with Gasteiger partial charge in [-0.1, -0.05) is 30.3 Å². The highest BCUT2D eigenvalue weighted by Crippen LogP contribution is 2.51. The minimum atomic E-state index is -4.70. The molecule has 0 atom stereocenters. The summed E-state index contributed by atoms with van der Waals surface area (Å²) >= 11 is 0. The van der Waals surface area contributed by atoms with Crippen LogP contribution in [0, 0.1) is 0 Å². The van der Waals surface area contributed by atoms with Crippen molar-refractivity contribution in [1.82, 2.24) is 0 Å². The van der Waals surface area contributed by atoms with E-state index >= 15 is 0 Å². The average Bonchev–Trinajstić information content (AvgIpc) is 2.99. The van der Waals surface area contributed by atoms with Crippen molar-refractivity contribution in [3.8, 4) is 0 Å². The Labute approximate surface area is 91.3 Å². The van der Waals surface area contributed by atoms with Crippen LogP contribution >= 0.6 is 0 Å². The van der Waals surface area contributed by atoms with Crippen LogP contribution in [0.3, 0.4) is 0 Å². The molecule has 1 aromatic rings. The second kappa shape index (κ2) is 3.61. The summed E-state index contributed by atoms with van der Waals surface area (Å²) in [5.41, 5.74) is 0.293. The van der Waals surface area contributed by atoms with Gasteiger partial charge in [0.25, 0.3) is 0 Å². The molecule has 2 rings (SSSR count). The lowest BCUT2D eigenvalue weighted by molar-refractivity contribution is -0.171. The molecule has 0 unspecified atom stereocenters. The van der Waals surface area contributed by atoms with Crippen LogP contribution in [-0.4, -0.2) is 12.0 Å². The first-order valence-corrected chi connectivity index (χ1v) is 5.10. The molecule has 0 heterocycles. The number of halogens is 3. The van der Waals surface area contributed by atoms with Crippen LogP contribution in [0.5, 0.6) is 0 Å². The van der Waals surface area contributed by atoms with E-state index in [4.69, 9.17) is 0 Å². The highest BCUT2D eigenvalue weighted by atomic mass is 19.4. The Balaban J connectivity index is 2.14. The van der Waals surface area contributed by atoms with Crippen LogP contribution in [0.2, 0.25) is 0 Å². The molecule has 1 fully saturated rings. The van der Waals surface area contributed by atoms with Crippen molar-refractivity contribution in [3.05, 3.63) is 35.9 Å². The monoisotopic (exact) mass is 228 g/mol. The van der Waals surface area contributed by atoms with Crippen molar-refractivity contribution in [3.63, 3.8) is 0 Å². The number of Topliss-reactive ketones (excluding diaryl/α,β-unsaturated/α-hetero) is 1. The summed E-state index contributed by atoms with van der Waals surface area (Å²) in [5.74, 6) is -1.62. The maximum atomic E-state index is 12.2. The number of ketones is 1.